The second-order valence-electron chi connectivity index (χ2n) is 1.77. The lowest BCUT2D eigenvalue weighted by Gasteiger charge is -2.08. The van der Waals surface area contributed by atoms with E-state index in [9.17, 15) is 0 Å². The van der Waals surface area contributed by atoms with Crippen LogP contribution in [0, 0.1) is 0 Å². The van der Waals surface area contributed by atoms with Gasteiger partial charge in [-0.2, -0.15) is 0 Å². The summed E-state index contributed by atoms with van der Waals surface area (Å²) < 4.78 is 1.90. The molecule has 0 aliphatic carbocycles. The predicted molar refractivity (Wildman–Crippen MR) is 38.3 cm³/mol. The summed E-state index contributed by atoms with van der Waals surface area (Å²) in [6.45, 7) is 3.99. The Hall–Kier alpha value is -0.180. The lowest BCUT2D eigenvalue weighted by molar-refractivity contribution is 0.733. The molecule has 0 amide bonds. The molecule has 2 nitrogen and oxygen atoms in total. The Balaban J connectivity index is 2.49. The van der Waals surface area contributed by atoms with Gasteiger partial charge in [0.1, 0.15) is 5.84 Å². The van der Waals surface area contributed by atoms with E-state index in [2.05, 4.69) is 24.7 Å². The maximum Gasteiger partial charge on any atom is 0.108 e. The number of rotatable bonds is 1. The number of nitrogens with zero attached hydrogens (tertiary/aromatic N) is 2. The normalized spacial score (nSPS) is 19.2. The van der Waals surface area contributed by atoms with Gasteiger partial charge in [-0.3, -0.25) is 4.99 Å². The predicted octanol–water partition coefficient (Wildman–Crippen LogP) is 0.955. The van der Waals surface area contributed by atoms with Crippen molar-refractivity contribution in [3.05, 3.63) is 0 Å². The summed E-state index contributed by atoms with van der Waals surface area (Å²) >= 11 is 4.17. The van der Waals surface area contributed by atoms with Crippen LogP contribution in [0.3, 0.4) is 0 Å². The van der Waals surface area contributed by atoms with Gasteiger partial charge in [0, 0.05) is 6.42 Å². The fraction of sp³-hybridized carbons (Fsp3) is 0.800. The van der Waals surface area contributed by atoms with Gasteiger partial charge in [0.15, 0.2) is 0 Å². The summed E-state index contributed by atoms with van der Waals surface area (Å²) in [7, 11) is 0. The standard InChI is InChI=1S/C5H10N2S/c1-2-5-6-3-4-7(5)8/h8H,2-4H2,1H3. The van der Waals surface area contributed by atoms with Crippen molar-refractivity contribution < 1.29 is 0 Å². The summed E-state index contributed by atoms with van der Waals surface area (Å²) in [4.78, 5) is 4.20. The minimum Gasteiger partial charge on any atom is -0.305 e. The summed E-state index contributed by atoms with van der Waals surface area (Å²) in [5, 5.41) is 0. The molecule has 1 heterocycles. The molecule has 0 unspecified atom stereocenters. The molecule has 46 valence electrons. The second kappa shape index (κ2) is 2.40. The van der Waals surface area contributed by atoms with E-state index in [1.54, 1.807) is 0 Å². The monoisotopic (exact) mass is 130 g/mol. The van der Waals surface area contributed by atoms with E-state index in [0.29, 0.717) is 0 Å². The van der Waals surface area contributed by atoms with E-state index in [4.69, 9.17) is 0 Å². The zero-order chi connectivity index (χ0) is 5.98. The van der Waals surface area contributed by atoms with Gasteiger partial charge < -0.3 is 4.31 Å². The number of amidine groups is 1. The first-order valence-electron chi connectivity index (χ1n) is 2.84. The molecule has 0 fully saturated rings. The largest absolute Gasteiger partial charge is 0.305 e. The van der Waals surface area contributed by atoms with Gasteiger partial charge in [0.2, 0.25) is 0 Å². The molecular weight excluding hydrogens is 120 g/mol. The van der Waals surface area contributed by atoms with Crippen LogP contribution in [0.4, 0.5) is 0 Å². The van der Waals surface area contributed by atoms with Crippen molar-refractivity contribution in [2.75, 3.05) is 13.1 Å². The molecule has 0 saturated heterocycles. The van der Waals surface area contributed by atoms with Gasteiger partial charge >= 0.3 is 0 Å². The zero-order valence-corrected chi connectivity index (χ0v) is 5.86. The minimum absolute atomic E-state index is 0.923. The van der Waals surface area contributed by atoms with E-state index in [1.165, 1.54) is 0 Å². The molecule has 3 heteroatoms. The van der Waals surface area contributed by atoms with Gasteiger partial charge in [-0.05, 0) is 0 Å². The number of hydrogen-bond donors (Lipinski definition) is 1. The van der Waals surface area contributed by atoms with Gasteiger partial charge in [-0.1, -0.05) is 19.7 Å². The summed E-state index contributed by atoms with van der Waals surface area (Å²) in [6.07, 6.45) is 1.00. The van der Waals surface area contributed by atoms with Crippen LogP contribution in [0.1, 0.15) is 13.3 Å². The smallest absolute Gasteiger partial charge is 0.108 e. The van der Waals surface area contributed by atoms with Crippen LogP contribution in [0.2, 0.25) is 0 Å². The first kappa shape index (κ1) is 5.95. The molecule has 0 radical (unpaired) electrons. The molecular formula is C5H10N2S. The highest BCUT2D eigenvalue weighted by molar-refractivity contribution is 7.78. The number of thiol groups is 1. The molecule has 1 rings (SSSR count). The maximum absolute atomic E-state index is 4.20. The van der Waals surface area contributed by atoms with Gasteiger partial charge in [-0.15, -0.1) is 0 Å². The van der Waals surface area contributed by atoms with Crippen LogP contribution in [0.25, 0.3) is 0 Å². The highest BCUT2D eigenvalue weighted by Gasteiger charge is 2.09. The molecule has 0 aromatic rings. The Morgan fingerprint density at radius 1 is 1.88 bits per heavy atom. The molecule has 0 atom stereocenters. The third-order valence-corrected chi connectivity index (χ3v) is 1.65. The van der Waals surface area contributed by atoms with Crippen LogP contribution in [0.5, 0.6) is 0 Å². The topological polar surface area (TPSA) is 15.6 Å². The summed E-state index contributed by atoms with van der Waals surface area (Å²) in [5.74, 6) is 1.12. The van der Waals surface area contributed by atoms with E-state index < -0.39 is 0 Å². The molecule has 0 aromatic heterocycles. The van der Waals surface area contributed by atoms with Crippen molar-refractivity contribution in [1.82, 2.24) is 4.31 Å². The molecule has 0 bridgehead atoms. The first-order valence-corrected chi connectivity index (χ1v) is 3.24. The van der Waals surface area contributed by atoms with Crippen LogP contribution < -0.4 is 0 Å². The van der Waals surface area contributed by atoms with Crippen molar-refractivity contribution in [1.29, 1.82) is 0 Å². The van der Waals surface area contributed by atoms with Crippen molar-refractivity contribution in [2.24, 2.45) is 4.99 Å². The van der Waals surface area contributed by atoms with Gasteiger partial charge in [0.25, 0.3) is 0 Å². The summed E-state index contributed by atoms with van der Waals surface area (Å²) in [5.41, 5.74) is 0. The van der Waals surface area contributed by atoms with Crippen molar-refractivity contribution in [2.45, 2.75) is 13.3 Å². The average molecular weight is 130 g/mol. The lowest BCUT2D eigenvalue weighted by atomic mass is 10.4. The Bertz CT molecular complexity index is 111. The fourth-order valence-corrected chi connectivity index (χ4v) is 1.07. The second-order valence-corrected chi connectivity index (χ2v) is 2.26. The highest BCUT2D eigenvalue weighted by atomic mass is 32.1. The molecule has 1 aliphatic rings. The number of aliphatic imine (C=N–C) groups is 1. The molecule has 0 aromatic carbocycles. The third kappa shape index (κ3) is 0.968. The van der Waals surface area contributed by atoms with Crippen LogP contribution >= 0.6 is 12.8 Å². The van der Waals surface area contributed by atoms with Crippen molar-refractivity contribution >= 4 is 18.7 Å². The first-order chi connectivity index (χ1) is 3.84. The quantitative estimate of drug-likeness (QED) is 0.523. The van der Waals surface area contributed by atoms with E-state index in [-0.39, 0.29) is 0 Å². The Labute approximate surface area is 55.1 Å². The zero-order valence-electron chi connectivity index (χ0n) is 4.96. The fourth-order valence-electron chi connectivity index (χ4n) is 0.779. The Morgan fingerprint density at radius 3 is 2.88 bits per heavy atom. The SMILES string of the molecule is CCC1=NCCN1S. The third-order valence-electron chi connectivity index (χ3n) is 1.22. The molecule has 8 heavy (non-hydrogen) atoms. The van der Waals surface area contributed by atoms with E-state index in [0.717, 1.165) is 25.3 Å². The maximum atomic E-state index is 4.20. The van der Waals surface area contributed by atoms with Crippen LogP contribution in [-0.2, 0) is 0 Å². The lowest BCUT2D eigenvalue weighted by Crippen LogP contribution is -2.15. The highest BCUT2D eigenvalue weighted by Crippen LogP contribution is 2.05. The average Bonchev–Trinajstić information content (AvgIpc) is 2.14. The molecule has 0 saturated carbocycles. The molecule has 0 N–H and O–H groups in total. The Morgan fingerprint density at radius 2 is 2.62 bits per heavy atom. The molecule has 0 spiro atoms. The number of hydrogen-bond acceptors (Lipinski definition) is 3. The molecule has 1 aliphatic heterocycles. The van der Waals surface area contributed by atoms with Crippen LogP contribution in [-0.4, -0.2) is 23.2 Å². The van der Waals surface area contributed by atoms with E-state index in [1.807, 2.05) is 4.31 Å². The van der Waals surface area contributed by atoms with Gasteiger partial charge in [0.05, 0.1) is 13.1 Å². The van der Waals surface area contributed by atoms with Gasteiger partial charge in [-0.25, -0.2) is 0 Å². The van der Waals surface area contributed by atoms with Crippen molar-refractivity contribution in [3.8, 4) is 0 Å². The summed E-state index contributed by atoms with van der Waals surface area (Å²) in [6, 6.07) is 0. The van der Waals surface area contributed by atoms with Crippen molar-refractivity contribution in [3.63, 3.8) is 0 Å². The Kier molecular flexibility index (Phi) is 1.78. The van der Waals surface area contributed by atoms with Crippen LogP contribution in [0.15, 0.2) is 4.99 Å². The van der Waals surface area contributed by atoms with E-state index >= 15 is 0 Å². The minimum atomic E-state index is 0.923.